The number of hydrogen-bond donors (Lipinski definition) is 0. The minimum atomic E-state index is 0. The van der Waals surface area contributed by atoms with E-state index in [0.29, 0.717) is 0 Å². The molecule has 0 unspecified atom stereocenters. The van der Waals surface area contributed by atoms with Crippen LogP contribution in [0.5, 0.6) is 0 Å². The quantitative estimate of drug-likeness (QED) is 0.160. The Morgan fingerprint density at radius 3 is 1.34 bits per heavy atom. The van der Waals surface area contributed by atoms with Crippen molar-refractivity contribution in [3.8, 4) is 0 Å². The van der Waals surface area contributed by atoms with Crippen LogP contribution in [0.4, 0.5) is 0 Å². The Balaban J connectivity index is 0.00000164. The lowest BCUT2D eigenvalue weighted by Gasteiger charge is -2.14. The van der Waals surface area contributed by atoms with Crippen LogP contribution in [0, 0.1) is 0 Å². The Morgan fingerprint density at radius 2 is 0.836 bits per heavy atom. The first-order chi connectivity index (χ1) is 27.6. The number of pyridine rings is 4. The molecular formula is C48H45Cl5N8. The maximum Gasteiger partial charge on any atom is 0.216 e. The molecule has 0 amide bonds. The van der Waals surface area contributed by atoms with Crippen LogP contribution in [0.25, 0.3) is 22.3 Å². The fourth-order valence-electron chi connectivity index (χ4n) is 8.01. The van der Waals surface area contributed by atoms with Crippen LogP contribution in [0.15, 0.2) is 189 Å². The van der Waals surface area contributed by atoms with Crippen molar-refractivity contribution in [3.63, 3.8) is 0 Å². The average molecular weight is 911 g/mol. The minimum absolute atomic E-state index is 0. The van der Waals surface area contributed by atoms with Gasteiger partial charge >= 0.3 is 0 Å². The Kier molecular flexibility index (Phi) is 16.6. The van der Waals surface area contributed by atoms with Crippen molar-refractivity contribution in [1.29, 1.82) is 0 Å². The predicted molar refractivity (Wildman–Crippen MR) is 230 cm³/mol. The van der Waals surface area contributed by atoms with E-state index in [-0.39, 0.29) is 62.0 Å². The molecule has 0 radical (unpaired) electrons. The third kappa shape index (κ3) is 9.15. The van der Waals surface area contributed by atoms with Gasteiger partial charge in [-0.05, 0) is 101 Å². The van der Waals surface area contributed by atoms with Crippen LogP contribution in [-0.4, -0.2) is 22.8 Å². The molecule has 0 aliphatic carbocycles. The van der Waals surface area contributed by atoms with Crippen LogP contribution >= 0.6 is 12.4 Å². The van der Waals surface area contributed by atoms with Gasteiger partial charge in [0.1, 0.15) is 26.2 Å². The maximum absolute atomic E-state index is 5.78. The van der Waals surface area contributed by atoms with Gasteiger partial charge in [-0.25, -0.2) is 20.0 Å². The van der Waals surface area contributed by atoms with E-state index >= 15 is 0 Å². The first kappa shape index (κ1) is 48.3. The third-order valence-electron chi connectivity index (χ3n) is 10.6. The van der Waals surface area contributed by atoms with Crippen LogP contribution in [0.3, 0.4) is 0 Å². The van der Waals surface area contributed by atoms with Gasteiger partial charge in [-0.15, -0.1) is 12.4 Å². The van der Waals surface area contributed by atoms with Gasteiger partial charge in [0.05, 0.1) is 67.9 Å². The molecule has 5 aliphatic heterocycles. The van der Waals surface area contributed by atoms with E-state index in [1.807, 2.05) is 18.2 Å². The smallest absolute Gasteiger partial charge is 0.216 e. The van der Waals surface area contributed by atoms with Gasteiger partial charge in [-0.3, -0.25) is 0 Å². The summed E-state index contributed by atoms with van der Waals surface area (Å²) in [5.74, 6) is 0. The molecule has 9 rings (SSSR count). The number of aryl methyl sites for hydroxylation is 4. The molecule has 312 valence electrons. The number of aromatic nitrogens is 4. The minimum Gasteiger partial charge on any atom is -1.00 e. The monoisotopic (exact) mass is 908 g/mol. The Bertz CT molecular complexity index is 2740. The Labute approximate surface area is 388 Å². The highest BCUT2D eigenvalue weighted by Gasteiger charge is 2.41. The zero-order valence-electron chi connectivity index (χ0n) is 34.2. The summed E-state index contributed by atoms with van der Waals surface area (Å²) in [6.07, 6.45) is 25.3. The van der Waals surface area contributed by atoms with Gasteiger partial charge in [-0.2, -0.15) is 18.3 Å². The first-order valence-electron chi connectivity index (χ1n) is 19.6. The summed E-state index contributed by atoms with van der Waals surface area (Å²) in [6.45, 7) is 11.9. The number of allylic oxidation sites excluding steroid dienone is 12. The first-order valence-corrected chi connectivity index (χ1v) is 19.6. The zero-order chi connectivity index (χ0) is 38.2. The summed E-state index contributed by atoms with van der Waals surface area (Å²) >= 11 is 0. The summed E-state index contributed by atoms with van der Waals surface area (Å²) in [6, 6.07) is 25.7. The van der Waals surface area contributed by atoms with Crippen LogP contribution in [0.1, 0.15) is 50.5 Å². The normalized spacial score (nSPS) is 15.7. The van der Waals surface area contributed by atoms with Gasteiger partial charge in [0, 0.05) is 48.5 Å². The van der Waals surface area contributed by atoms with Crippen LogP contribution < -0.4 is 67.9 Å². The lowest BCUT2D eigenvalue weighted by molar-refractivity contribution is -0.697. The van der Waals surface area contributed by atoms with Crippen molar-refractivity contribution in [2.75, 3.05) is 0 Å². The molecule has 0 aromatic carbocycles. The van der Waals surface area contributed by atoms with Crippen molar-refractivity contribution >= 4 is 57.5 Å². The second-order valence-electron chi connectivity index (χ2n) is 13.9. The fraction of sp³-hybridized carbons (Fsp3) is 0.167. The molecule has 0 fully saturated rings. The summed E-state index contributed by atoms with van der Waals surface area (Å²) in [5.41, 5.74) is 15.2. The molecule has 8 nitrogen and oxygen atoms in total. The highest BCUT2D eigenvalue weighted by molar-refractivity contribution is 6.49. The number of rotatable bonds is 8. The molecule has 0 atom stereocenters. The van der Waals surface area contributed by atoms with Crippen molar-refractivity contribution in [3.05, 3.63) is 192 Å². The molecule has 9 heterocycles. The summed E-state index contributed by atoms with van der Waals surface area (Å²) < 4.78 is 9.21. The standard InChI is InChI=1S/C48H44N8.5ClH/c1-5-53-25-13-9-17-40(53)38-31-37-30-35-22-21-33(49-35)29-34-23-24-36(50-34)32-39-44(41-18-10-14-26-54(41)6-2)45(42-19-11-15-27-55(42)7-3)48(52-39)46(47(38)51-37)43-20-12-16-28-56(43)8-4;;;;;/h9-32H,5-8H2,1-4H3;5*1H/q+4;;;;;/p-4. The average Bonchev–Trinajstić information content (AvgIpc) is 4.05. The Hall–Kier alpha value is -5.35. The summed E-state index contributed by atoms with van der Waals surface area (Å²) in [7, 11) is 0. The second-order valence-corrected chi connectivity index (χ2v) is 13.9. The number of hydrogen-bond acceptors (Lipinski definition) is 4. The van der Waals surface area contributed by atoms with E-state index < -0.39 is 0 Å². The van der Waals surface area contributed by atoms with Gasteiger partial charge in [-0.1, -0.05) is 0 Å². The zero-order valence-corrected chi connectivity index (χ0v) is 38.0. The largest absolute Gasteiger partial charge is 1.00 e. The van der Waals surface area contributed by atoms with Crippen LogP contribution in [-0.2, 0) is 26.2 Å². The number of aliphatic imine (C=N–C) groups is 4. The summed E-state index contributed by atoms with van der Waals surface area (Å²) in [4.78, 5) is 21.4. The van der Waals surface area contributed by atoms with Crippen molar-refractivity contribution in [2.45, 2.75) is 53.9 Å². The molecule has 0 spiro atoms. The molecule has 8 bridgehead atoms. The third-order valence-corrected chi connectivity index (χ3v) is 10.6. The van der Waals surface area contributed by atoms with Crippen LogP contribution in [0.2, 0.25) is 0 Å². The molecule has 0 saturated heterocycles. The molecule has 0 N–H and O–H groups in total. The number of halogens is 5. The van der Waals surface area contributed by atoms with Gasteiger partial charge < -0.3 is 49.6 Å². The molecule has 61 heavy (non-hydrogen) atoms. The molecular weight excluding hydrogens is 866 g/mol. The number of nitrogens with zero attached hydrogens (tertiary/aromatic N) is 8. The van der Waals surface area contributed by atoms with E-state index in [1.165, 1.54) is 0 Å². The SMILES string of the molecule is CC[n+]1ccccc1C1=CC2=CC3=NC(=CC4=NC(=CC5=NC(=C(c6cccc[n+]6CC)C1=N2)C(c1cccc[n+]1CC)=C5c1cccc[n+]1CC)C=C4)C=C3.Cl.[Cl-].[Cl-].[Cl-].[Cl-]. The van der Waals surface area contributed by atoms with Crippen molar-refractivity contribution < 1.29 is 67.9 Å². The Morgan fingerprint density at radius 1 is 0.410 bits per heavy atom. The molecule has 4 aromatic rings. The van der Waals surface area contributed by atoms with Gasteiger partial charge in [0.2, 0.25) is 22.8 Å². The topological polar surface area (TPSA) is 65.0 Å². The van der Waals surface area contributed by atoms with E-state index in [2.05, 4.69) is 174 Å². The molecule has 13 heteroatoms. The molecule has 5 aliphatic rings. The van der Waals surface area contributed by atoms with E-state index in [1.54, 1.807) is 0 Å². The lowest BCUT2D eigenvalue weighted by Crippen LogP contribution is -3.00. The van der Waals surface area contributed by atoms with E-state index in [9.17, 15) is 0 Å². The summed E-state index contributed by atoms with van der Waals surface area (Å²) in [5, 5.41) is 0. The number of fused-ring (bicyclic) bond motifs is 4. The highest BCUT2D eigenvalue weighted by Crippen LogP contribution is 2.44. The van der Waals surface area contributed by atoms with Gasteiger partial charge in [0.25, 0.3) is 0 Å². The predicted octanol–water partition coefficient (Wildman–Crippen LogP) is -4.64. The van der Waals surface area contributed by atoms with Crippen molar-refractivity contribution in [2.24, 2.45) is 20.0 Å². The second kappa shape index (κ2) is 21.0. The molecule has 0 saturated carbocycles. The molecule has 4 aromatic heterocycles. The van der Waals surface area contributed by atoms with Crippen molar-refractivity contribution in [1.82, 2.24) is 0 Å². The highest BCUT2D eigenvalue weighted by atomic mass is 35.5. The van der Waals surface area contributed by atoms with E-state index in [0.717, 1.165) is 117 Å². The maximum atomic E-state index is 5.78. The van der Waals surface area contributed by atoms with E-state index in [4.69, 9.17) is 20.0 Å². The fourth-order valence-corrected chi connectivity index (χ4v) is 8.01. The lowest BCUT2D eigenvalue weighted by atomic mass is 9.89. The van der Waals surface area contributed by atoms with Gasteiger partial charge in [0.15, 0.2) is 24.8 Å².